The predicted molar refractivity (Wildman–Crippen MR) is 128 cm³/mol. The highest BCUT2D eigenvalue weighted by atomic mass is 35.5. The van der Waals surface area contributed by atoms with Gasteiger partial charge in [-0.15, -0.1) is 12.4 Å². The molecule has 0 unspecified atom stereocenters. The lowest BCUT2D eigenvalue weighted by molar-refractivity contribution is 0.602. The molecule has 0 atom stereocenters. The molecule has 1 heterocycles. The van der Waals surface area contributed by atoms with Gasteiger partial charge in [0.15, 0.2) is 0 Å². The minimum atomic E-state index is -3.71. The first-order valence-electron chi connectivity index (χ1n) is 10.0. The van der Waals surface area contributed by atoms with Gasteiger partial charge in [0.1, 0.15) is 0 Å². The van der Waals surface area contributed by atoms with Crippen LogP contribution in [0.2, 0.25) is 0 Å². The zero-order chi connectivity index (χ0) is 20.4. The van der Waals surface area contributed by atoms with E-state index in [1.807, 2.05) is 62.4 Å². The van der Waals surface area contributed by atoms with Crippen LogP contribution in [-0.2, 0) is 10.0 Å². The third-order valence-electron chi connectivity index (χ3n) is 5.46. The summed E-state index contributed by atoms with van der Waals surface area (Å²) >= 11 is 0. The van der Waals surface area contributed by atoms with Crippen molar-refractivity contribution in [2.45, 2.75) is 25.2 Å². The second kappa shape index (κ2) is 9.25. The van der Waals surface area contributed by atoms with Crippen LogP contribution in [0.3, 0.4) is 0 Å². The molecule has 0 aliphatic carbocycles. The number of hydrogen-bond donors (Lipinski definition) is 2. The molecule has 3 aromatic rings. The van der Waals surface area contributed by atoms with Crippen LogP contribution in [0, 0.1) is 13.8 Å². The second-order valence-electron chi connectivity index (χ2n) is 7.64. The van der Waals surface area contributed by atoms with Crippen molar-refractivity contribution in [2.75, 3.05) is 35.8 Å². The van der Waals surface area contributed by atoms with Gasteiger partial charge in [0, 0.05) is 36.1 Å². The average Bonchev–Trinajstić information content (AvgIpc) is 2.98. The number of rotatable bonds is 4. The van der Waals surface area contributed by atoms with Crippen molar-refractivity contribution in [3.05, 3.63) is 65.7 Å². The van der Waals surface area contributed by atoms with Gasteiger partial charge in [0.2, 0.25) is 0 Å². The molecule has 5 nitrogen and oxygen atoms in total. The Balaban J connectivity index is 0.00000256. The van der Waals surface area contributed by atoms with E-state index in [1.54, 1.807) is 6.07 Å². The lowest BCUT2D eigenvalue weighted by atomic mass is 10.1. The molecule has 0 spiro atoms. The summed E-state index contributed by atoms with van der Waals surface area (Å²) in [6.07, 6.45) is 1.07. The number of anilines is 2. The molecule has 1 aliphatic rings. The summed E-state index contributed by atoms with van der Waals surface area (Å²) in [6, 6.07) is 17.2. The van der Waals surface area contributed by atoms with Crippen molar-refractivity contribution in [3.63, 3.8) is 0 Å². The van der Waals surface area contributed by atoms with Crippen LogP contribution in [0.4, 0.5) is 11.4 Å². The molecule has 0 bridgehead atoms. The molecule has 160 valence electrons. The maximum Gasteiger partial charge on any atom is 0.262 e. The Morgan fingerprint density at radius 3 is 2.47 bits per heavy atom. The van der Waals surface area contributed by atoms with E-state index in [9.17, 15) is 8.42 Å². The maximum atomic E-state index is 13.3. The first-order chi connectivity index (χ1) is 14.0. The molecule has 1 saturated heterocycles. The fourth-order valence-electron chi connectivity index (χ4n) is 3.98. The second-order valence-corrected chi connectivity index (χ2v) is 9.29. The highest BCUT2D eigenvalue weighted by molar-refractivity contribution is 7.93. The fraction of sp³-hybridized carbons (Fsp3) is 0.304. The molecule has 1 fully saturated rings. The molecule has 2 N–H and O–H groups in total. The molecular formula is C23H28ClN3O2S. The van der Waals surface area contributed by atoms with Crippen molar-refractivity contribution >= 4 is 44.6 Å². The van der Waals surface area contributed by atoms with Gasteiger partial charge in [-0.1, -0.05) is 42.0 Å². The van der Waals surface area contributed by atoms with Crippen LogP contribution in [0.1, 0.15) is 17.5 Å². The number of aryl methyl sites for hydroxylation is 2. The largest absolute Gasteiger partial charge is 0.370 e. The predicted octanol–water partition coefficient (Wildman–Crippen LogP) is 4.48. The van der Waals surface area contributed by atoms with E-state index in [0.717, 1.165) is 60.2 Å². The van der Waals surface area contributed by atoms with Gasteiger partial charge < -0.3 is 10.2 Å². The summed E-state index contributed by atoms with van der Waals surface area (Å²) in [7, 11) is -3.71. The third-order valence-corrected chi connectivity index (χ3v) is 6.88. The van der Waals surface area contributed by atoms with Crippen LogP contribution < -0.4 is 14.9 Å². The molecule has 4 rings (SSSR count). The van der Waals surface area contributed by atoms with Crippen LogP contribution in [0.25, 0.3) is 10.8 Å². The molecule has 0 aromatic heterocycles. The van der Waals surface area contributed by atoms with Gasteiger partial charge >= 0.3 is 0 Å². The average molecular weight is 446 g/mol. The Labute approximate surface area is 184 Å². The van der Waals surface area contributed by atoms with E-state index in [0.29, 0.717) is 10.6 Å². The van der Waals surface area contributed by atoms with E-state index < -0.39 is 10.0 Å². The van der Waals surface area contributed by atoms with Crippen molar-refractivity contribution in [1.29, 1.82) is 0 Å². The van der Waals surface area contributed by atoms with Gasteiger partial charge in [-0.05, 0) is 50.6 Å². The summed E-state index contributed by atoms with van der Waals surface area (Å²) < 4.78 is 29.3. The molecule has 7 heteroatoms. The Morgan fingerprint density at radius 1 is 0.933 bits per heavy atom. The number of fused-ring (bicyclic) bond motifs is 1. The quantitative estimate of drug-likeness (QED) is 0.621. The van der Waals surface area contributed by atoms with Crippen LogP contribution in [0.15, 0.2) is 59.5 Å². The molecule has 0 amide bonds. The maximum absolute atomic E-state index is 13.3. The monoisotopic (exact) mass is 445 g/mol. The highest BCUT2D eigenvalue weighted by Gasteiger charge is 2.21. The zero-order valence-corrected chi connectivity index (χ0v) is 18.9. The standard InChI is InChI=1S/C23H27N3O2S.ClH/c1-17-8-9-21(18(2)16-17)25-29(27,28)23-11-10-22(19-6-3-4-7-20(19)23)26-14-5-12-24-13-15-26;/h3-4,6-11,16,24-25H,5,12-15H2,1-2H3;1H. The van der Waals surface area contributed by atoms with Crippen LogP contribution in [-0.4, -0.2) is 34.6 Å². The van der Waals surface area contributed by atoms with Gasteiger partial charge in [0.25, 0.3) is 10.0 Å². The molecule has 0 saturated carbocycles. The molecule has 3 aromatic carbocycles. The molecule has 30 heavy (non-hydrogen) atoms. The van der Waals surface area contributed by atoms with E-state index in [4.69, 9.17) is 0 Å². The SMILES string of the molecule is Cc1ccc(NS(=O)(=O)c2ccc(N3CCCNCC3)c3ccccc23)c(C)c1.Cl. The smallest absolute Gasteiger partial charge is 0.262 e. The first-order valence-corrected chi connectivity index (χ1v) is 11.5. The number of halogens is 1. The lowest BCUT2D eigenvalue weighted by Gasteiger charge is -2.25. The summed E-state index contributed by atoms with van der Waals surface area (Å²) in [6.45, 7) is 7.74. The van der Waals surface area contributed by atoms with Crippen molar-refractivity contribution in [3.8, 4) is 0 Å². The van der Waals surface area contributed by atoms with Gasteiger partial charge in [0.05, 0.1) is 10.6 Å². The minimum Gasteiger partial charge on any atom is -0.370 e. The first kappa shape index (κ1) is 22.4. The van der Waals surface area contributed by atoms with Gasteiger partial charge in [-0.2, -0.15) is 0 Å². The molecule has 0 radical (unpaired) electrons. The fourth-order valence-corrected chi connectivity index (χ4v) is 5.32. The Kier molecular flexibility index (Phi) is 6.91. The van der Waals surface area contributed by atoms with Crippen molar-refractivity contribution in [1.82, 2.24) is 5.32 Å². The normalized spacial score (nSPS) is 14.8. The summed E-state index contributed by atoms with van der Waals surface area (Å²) in [5.74, 6) is 0. The number of nitrogens with one attached hydrogen (secondary N) is 2. The Hall–Kier alpha value is -2.28. The third kappa shape index (κ3) is 4.56. The molecule has 1 aliphatic heterocycles. The Morgan fingerprint density at radius 2 is 1.70 bits per heavy atom. The van der Waals surface area contributed by atoms with E-state index >= 15 is 0 Å². The van der Waals surface area contributed by atoms with E-state index in [2.05, 4.69) is 14.9 Å². The minimum absolute atomic E-state index is 0. The number of nitrogens with zero attached hydrogens (tertiary/aromatic N) is 1. The van der Waals surface area contributed by atoms with Crippen molar-refractivity contribution in [2.24, 2.45) is 0 Å². The lowest BCUT2D eigenvalue weighted by Crippen LogP contribution is -2.28. The highest BCUT2D eigenvalue weighted by Crippen LogP contribution is 2.33. The summed E-state index contributed by atoms with van der Waals surface area (Å²) in [5, 5.41) is 5.14. The number of sulfonamides is 1. The van der Waals surface area contributed by atoms with E-state index in [1.165, 1.54) is 0 Å². The Bertz CT molecular complexity index is 1140. The van der Waals surface area contributed by atoms with Crippen molar-refractivity contribution < 1.29 is 8.42 Å². The summed E-state index contributed by atoms with van der Waals surface area (Å²) in [4.78, 5) is 2.65. The molecular weight excluding hydrogens is 418 g/mol. The summed E-state index contributed by atoms with van der Waals surface area (Å²) in [5.41, 5.74) is 3.72. The van der Waals surface area contributed by atoms with Crippen LogP contribution in [0.5, 0.6) is 0 Å². The zero-order valence-electron chi connectivity index (χ0n) is 17.3. The topological polar surface area (TPSA) is 61.4 Å². The van der Waals surface area contributed by atoms with E-state index in [-0.39, 0.29) is 12.4 Å². The number of hydrogen-bond acceptors (Lipinski definition) is 4. The van der Waals surface area contributed by atoms with Gasteiger partial charge in [-0.3, -0.25) is 4.72 Å². The van der Waals surface area contributed by atoms with Gasteiger partial charge in [-0.25, -0.2) is 8.42 Å². The van der Waals surface area contributed by atoms with Crippen LogP contribution >= 0.6 is 12.4 Å². The number of benzene rings is 3.